The number of benzene rings is 3. The molecule has 0 unspecified atom stereocenters. The molecule has 4 aromatic rings. The van der Waals surface area contributed by atoms with Gasteiger partial charge in [-0.3, -0.25) is 9.69 Å². The van der Waals surface area contributed by atoms with E-state index in [4.69, 9.17) is 11.6 Å². The van der Waals surface area contributed by atoms with Gasteiger partial charge in [-0.2, -0.15) is 0 Å². The molecule has 2 heterocycles. The van der Waals surface area contributed by atoms with E-state index >= 15 is 0 Å². The Labute approximate surface area is 212 Å². The van der Waals surface area contributed by atoms with E-state index in [2.05, 4.69) is 77.2 Å². The smallest absolute Gasteiger partial charge is 0.223 e. The number of hydrogen-bond donors (Lipinski definition) is 0. The number of amides is 1. The van der Waals surface area contributed by atoms with E-state index in [1.165, 1.54) is 22.0 Å². The fourth-order valence-electron chi connectivity index (χ4n) is 5.25. The summed E-state index contributed by atoms with van der Waals surface area (Å²) < 4.78 is 2.27. The first-order chi connectivity index (χ1) is 17.1. The molecule has 1 amide bonds. The van der Waals surface area contributed by atoms with E-state index in [1.807, 2.05) is 29.2 Å². The molecule has 35 heavy (non-hydrogen) atoms. The second kappa shape index (κ2) is 10.7. The van der Waals surface area contributed by atoms with Crippen molar-refractivity contribution in [2.75, 3.05) is 26.2 Å². The van der Waals surface area contributed by atoms with Crippen LogP contribution in [0.25, 0.3) is 10.9 Å². The summed E-state index contributed by atoms with van der Waals surface area (Å²) >= 11 is 6.39. The van der Waals surface area contributed by atoms with Gasteiger partial charge in [-0.25, -0.2) is 0 Å². The van der Waals surface area contributed by atoms with Crippen LogP contribution < -0.4 is 0 Å². The molecule has 1 saturated heterocycles. The summed E-state index contributed by atoms with van der Waals surface area (Å²) in [5, 5.41) is 1.91. The number of aromatic nitrogens is 1. The van der Waals surface area contributed by atoms with Crippen LogP contribution in [0.4, 0.5) is 0 Å². The van der Waals surface area contributed by atoms with Crippen molar-refractivity contribution in [3.8, 4) is 0 Å². The van der Waals surface area contributed by atoms with E-state index in [0.717, 1.165) is 44.8 Å². The van der Waals surface area contributed by atoms with Gasteiger partial charge in [-0.1, -0.05) is 72.3 Å². The van der Waals surface area contributed by atoms with Gasteiger partial charge in [0.1, 0.15) is 0 Å². The molecule has 5 rings (SSSR count). The Morgan fingerprint density at radius 3 is 2.40 bits per heavy atom. The van der Waals surface area contributed by atoms with Crippen LogP contribution in [0.1, 0.15) is 36.0 Å². The maximum atomic E-state index is 13.6. The summed E-state index contributed by atoms with van der Waals surface area (Å²) in [4.78, 5) is 18.1. The van der Waals surface area contributed by atoms with E-state index < -0.39 is 0 Å². The molecule has 1 aromatic heterocycles. The first-order valence-corrected chi connectivity index (χ1v) is 12.9. The van der Waals surface area contributed by atoms with Gasteiger partial charge in [-0.15, -0.1) is 0 Å². The molecule has 1 fully saturated rings. The highest BCUT2D eigenvalue weighted by molar-refractivity contribution is 6.30. The third-order valence-electron chi connectivity index (χ3n) is 7.14. The summed E-state index contributed by atoms with van der Waals surface area (Å²) in [6, 6.07) is 27.0. The van der Waals surface area contributed by atoms with Gasteiger partial charge in [0.15, 0.2) is 0 Å². The molecule has 0 radical (unpaired) electrons. The number of nitrogens with zero attached hydrogens (tertiary/aromatic N) is 3. The second-order valence-corrected chi connectivity index (χ2v) is 9.78. The summed E-state index contributed by atoms with van der Waals surface area (Å²) in [5.74, 6) is 0.170. The normalized spacial score (nSPS) is 15.4. The van der Waals surface area contributed by atoms with Crippen molar-refractivity contribution in [2.24, 2.45) is 0 Å². The molecule has 0 bridgehead atoms. The number of hydrogen-bond acceptors (Lipinski definition) is 2. The van der Waals surface area contributed by atoms with Crippen molar-refractivity contribution in [1.29, 1.82) is 0 Å². The lowest BCUT2D eigenvalue weighted by atomic mass is 9.87. The first kappa shape index (κ1) is 23.7. The average Bonchev–Trinajstić information content (AvgIpc) is 3.27. The number of halogens is 1. The number of aryl methyl sites for hydroxylation is 1. The third kappa shape index (κ3) is 5.29. The monoisotopic (exact) mass is 485 g/mol. The van der Waals surface area contributed by atoms with Crippen LogP contribution in [0.3, 0.4) is 0 Å². The minimum absolute atomic E-state index is 0.0405. The number of carbonyl (C=O) groups is 1. The predicted octanol–water partition coefficient (Wildman–Crippen LogP) is 6.18. The average molecular weight is 486 g/mol. The molecule has 0 saturated carbocycles. The molecule has 1 aliphatic heterocycles. The van der Waals surface area contributed by atoms with Crippen LogP contribution in [0.15, 0.2) is 85.1 Å². The zero-order valence-corrected chi connectivity index (χ0v) is 21.0. The van der Waals surface area contributed by atoms with Crippen molar-refractivity contribution in [2.45, 2.75) is 32.4 Å². The number of fused-ring (bicyclic) bond motifs is 1. The second-order valence-electron chi connectivity index (χ2n) is 9.34. The quantitative estimate of drug-likeness (QED) is 0.312. The predicted molar refractivity (Wildman–Crippen MR) is 144 cm³/mol. The highest BCUT2D eigenvalue weighted by Crippen LogP contribution is 2.36. The van der Waals surface area contributed by atoms with E-state index in [1.54, 1.807) is 0 Å². The summed E-state index contributed by atoms with van der Waals surface area (Å²) in [6.07, 6.45) is 2.66. The molecule has 3 aromatic carbocycles. The molecule has 0 N–H and O–H groups in total. The van der Waals surface area contributed by atoms with Gasteiger partial charge in [-0.05, 0) is 41.8 Å². The van der Waals surface area contributed by atoms with E-state index in [9.17, 15) is 4.79 Å². The fourth-order valence-corrected chi connectivity index (χ4v) is 5.44. The Kier molecular flexibility index (Phi) is 7.21. The van der Waals surface area contributed by atoms with Gasteiger partial charge < -0.3 is 9.47 Å². The van der Waals surface area contributed by atoms with Crippen LogP contribution in [-0.2, 0) is 17.9 Å². The summed E-state index contributed by atoms with van der Waals surface area (Å²) in [6.45, 7) is 7.32. The Morgan fingerprint density at radius 2 is 1.66 bits per heavy atom. The Hall–Kier alpha value is -3.08. The molecule has 5 heteroatoms. The van der Waals surface area contributed by atoms with Crippen molar-refractivity contribution >= 4 is 28.4 Å². The minimum atomic E-state index is -0.0405. The minimum Gasteiger partial charge on any atom is -0.347 e. The van der Waals surface area contributed by atoms with Crippen LogP contribution in [0, 0.1) is 0 Å². The summed E-state index contributed by atoms with van der Waals surface area (Å²) in [7, 11) is 0. The zero-order valence-electron chi connectivity index (χ0n) is 20.2. The number of carbonyl (C=O) groups excluding carboxylic acids is 1. The zero-order chi connectivity index (χ0) is 24.2. The molecule has 0 aliphatic carbocycles. The highest BCUT2D eigenvalue weighted by Gasteiger charge is 2.27. The maximum Gasteiger partial charge on any atom is 0.223 e. The summed E-state index contributed by atoms with van der Waals surface area (Å²) in [5.41, 5.74) is 4.81. The van der Waals surface area contributed by atoms with Crippen molar-refractivity contribution in [3.05, 3.63) is 107 Å². The van der Waals surface area contributed by atoms with E-state index in [0.29, 0.717) is 11.4 Å². The standard InChI is InChI=1S/C30H32ClN3O/c1-2-33-22-28(26-13-6-7-14-29(26)33)27(24-11-8-12-25(31)19-24)20-30(35)34-17-15-32(16-18-34)21-23-9-4-3-5-10-23/h3-14,19,22,27H,2,15-18,20-21H2,1H3/t27-/m1/s1. The van der Waals surface area contributed by atoms with Gasteiger partial charge in [0, 0.05) is 73.7 Å². The van der Waals surface area contributed by atoms with Crippen LogP contribution >= 0.6 is 11.6 Å². The topological polar surface area (TPSA) is 28.5 Å². The molecule has 0 spiro atoms. The van der Waals surface area contributed by atoms with Crippen LogP contribution in [0.5, 0.6) is 0 Å². The number of para-hydroxylation sites is 1. The Bertz CT molecular complexity index is 1290. The van der Waals surface area contributed by atoms with E-state index in [-0.39, 0.29) is 11.8 Å². The maximum absolute atomic E-state index is 13.6. The van der Waals surface area contributed by atoms with Gasteiger partial charge in [0.05, 0.1) is 0 Å². The number of rotatable bonds is 7. The van der Waals surface area contributed by atoms with Crippen molar-refractivity contribution in [3.63, 3.8) is 0 Å². The SMILES string of the molecule is CCn1cc([C@H](CC(=O)N2CCN(Cc3ccccc3)CC2)c2cccc(Cl)c2)c2ccccc21. The van der Waals surface area contributed by atoms with Crippen LogP contribution in [0.2, 0.25) is 5.02 Å². The van der Waals surface area contributed by atoms with Crippen molar-refractivity contribution < 1.29 is 4.79 Å². The van der Waals surface area contributed by atoms with Gasteiger partial charge in [0.25, 0.3) is 0 Å². The van der Waals surface area contributed by atoms with Crippen molar-refractivity contribution in [1.82, 2.24) is 14.4 Å². The Balaban J connectivity index is 1.36. The Morgan fingerprint density at radius 1 is 0.914 bits per heavy atom. The third-order valence-corrected chi connectivity index (χ3v) is 7.37. The molecule has 4 nitrogen and oxygen atoms in total. The lowest BCUT2D eigenvalue weighted by molar-refractivity contribution is -0.133. The molecular formula is C30H32ClN3O. The lowest BCUT2D eigenvalue weighted by Gasteiger charge is -2.35. The van der Waals surface area contributed by atoms with Gasteiger partial charge in [0.2, 0.25) is 5.91 Å². The number of piperazine rings is 1. The lowest BCUT2D eigenvalue weighted by Crippen LogP contribution is -2.48. The molecular weight excluding hydrogens is 454 g/mol. The molecule has 1 atom stereocenters. The largest absolute Gasteiger partial charge is 0.347 e. The highest BCUT2D eigenvalue weighted by atomic mass is 35.5. The molecule has 1 aliphatic rings. The molecule has 180 valence electrons. The van der Waals surface area contributed by atoms with Crippen LogP contribution in [-0.4, -0.2) is 46.5 Å². The fraction of sp³-hybridized carbons (Fsp3) is 0.300. The first-order valence-electron chi connectivity index (χ1n) is 12.5. The van der Waals surface area contributed by atoms with Gasteiger partial charge >= 0.3 is 0 Å².